The van der Waals surface area contributed by atoms with Crippen molar-refractivity contribution in [1.29, 1.82) is 0 Å². The van der Waals surface area contributed by atoms with Crippen molar-refractivity contribution in [3.05, 3.63) is 47.2 Å². The third kappa shape index (κ3) is 8.87. The van der Waals surface area contributed by atoms with E-state index in [4.69, 9.17) is 14.6 Å². The molecular formula is C25H27F3N4O7S. The van der Waals surface area contributed by atoms with Gasteiger partial charge in [-0.25, -0.2) is 27.9 Å². The van der Waals surface area contributed by atoms with Crippen LogP contribution in [0.1, 0.15) is 43.9 Å². The van der Waals surface area contributed by atoms with E-state index in [0.29, 0.717) is 29.1 Å². The van der Waals surface area contributed by atoms with Crippen molar-refractivity contribution >= 4 is 39.4 Å². The number of benzene rings is 1. The highest BCUT2D eigenvalue weighted by Gasteiger charge is 2.38. The molecule has 40 heavy (non-hydrogen) atoms. The molecule has 1 fully saturated rings. The number of hydrogen-bond donors (Lipinski definition) is 3. The number of rotatable bonds is 4. The fraction of sp³-hybridized carbons (Fsp3) is 0.360. The summed E-state index contributed by atoms with van der Waals surface area (Å²) in [6.45, 7) is 6.31. The molecule has 0 spiro atoms. The molecule has 0 radical (unpaired) electrons. The number of aromatic nitrogens is 1. The van der Waals surface area contributed by atoms with Gasteiger partial charge in [0.05, 0.1) is 24.6 Å². The molecule has 2 aromatic rings. The van der Waals surface area contributed by atoms with Gasteiger partial charge in [-0.1, -0.05) is 32.6 Å². The highest BCUT2D eigenvalue weighted by molar-refractivity contribution is 7.92. The van der Waals surface area contributed by atoms with Gasteiger partial charge < -0.3 is 15.2 Å². The van der Waals surface area contributed by atoms with Gasteiger partial charge in [-0.15, -0.1) is 0 Å². The Kier molecular flexibility index (Phi) is 9.76. The molecule has 15 heteroatoms. The lowest BCUT2D eigenvalue weighted by Gasteiger charge is -2.29. The largest absolute Gasteiger partial charge is 0.495 e. The molecule has 1 saturated heterocycles. The Morgan fingerprint density at radius 3 is 2.25 bits per heavy atom. The van der Waals surface area contributed by atoms with E-state index in [2.05, 4.69) is 26.9 Å². The Labute approximate surface area is 228 Å². The quantitative estimate of drug-likeness (QED) is 0.463. The summed E-state index contributed by atoms with van der Waals surface area (Å²) in [7, 11) is -1.88. The fourth-order valence-electron chi connectivity index (χ4n) is 3.31. The zero-order valence-corrected chi connectivity index (χ0v) is 23.0. The minimum absolute atomic E-state index is 0.187. The number of ether oxygens (including phenoxy) is 1. The number of pyridine rings is 1. The molecule has 0 aliphatic carbocycles. The van der Waals surface area contributed by atoms with E-state index in [-0.39, 0.29) is 23.6 Å². The lowest BCUT2D eigenvalue weighted by molar-refractivity contribution is -0.192. The number of anilines is 2. The van der Waals surface area contributed by atoms with E-state index in [1.807, 2.05) is 20.8 Å². The number of alkyl halides is 3. The number of halogens is 3. The summed E-state index contributed by atoms with van der Waals surface area (Å²) in [6, 6.07) is 6.09. The summed E-state index contributed by atoms with van der Waals surface area (Å²) in [5, 5.41) is 9.81. The Balaban J connectivity index is 0.000000708. The first kappa shape index (κ1) is 31.9. The van der Waals surface area contributed by atoms with Crippen LogP contribution in [0.15, 0.2) is 30.5 Å². The second kappa shape index (κ2) is 12.2. The molecule has 216 valence electrons. The van der Waals surface area contributed by atoms with Crippen molar-refractivity contribution in [2.75, 3.05) is 29.5 Å². The van der Waals surface area contributed by atoms with Gasteiger partial charge in [0.25, 0.3) is 0 Å². The van der Waals surface area contributed by atoms with Crippen LogP contribution in [0.5, 0.6) is 5.75 Å². The monoisotopic (exact) mass is 584 g/mol. The maximum atomic E-state index is 12.5. The number of nitrogens with zero attached hydrogens (tertiary/aromatic N) is 2. The Hall–Kier alpha value is -4.32. The van der Waals surface area contributed by atoms with Gasteiger partial charge in [-0.3, -0.25) is 9.52 Å². The predicted molar refractivity (Wildman–Crippen MR) is 140 cm³/mol. The minimum atomic E-state index is -5.08. The van der Waals surface area contributed by atoms with Gasteiger partial charge in [-0.2, -0.15) is 13.2 Å². The Morgan fingerprint density at radius 1 is 1.18 bits per heavy atom. The van der Waals surface area contributed by atoms with Gasteiger partial charge >= 0.3 is 18.2 Å². The third-order valence-corrected chi connectivity index (χ3v) is 5.63. The van der Waals surface area contributed by atoms with E-state index in [9.17, 15) is 31.2 Å². The van der Waals surface area contributed by atoms with Crippen molar-refractivity contribution in [2.45, 2.75) is 38.8 Å². The topological polar surface area (TPSA) is 155 Å². The summed E-state index contributed by atoms with van der Waals surface area (Å²) in [4.78, 5) is 39.0. The van der Waals surface area contributed by atoms with Crippen LogP contribution in [0.4, 0.5) is 29.5 Å². The molecular weight excluding hydrogens is 557 g/mol. The molecule has 1 aliphatic rings. The van der Waals surface area contributed by atoms with Crippen LogP contribution in [0, 0.1) is 11.8 Å². The number of urea groups is 1. The maximum Gasteiger partial charge on any atom is 0.490 e. The molecule has 1 aromatic carbocycles. The molecule has 3 N–H and O–H groups in total. The molecule has 1 aromatic heterocycles. The number of amides is 3. The van der Waals surface area contributed by atoms with E-state index >= 15 is 0 Å². The standard InChI is InChI=1S/C23H26N4O5S.C2HF3O2/c1-23(2,3)18-13-17(27-20(28)10-11-24-22(27)29)12-16(21(18)32-4)8-6-15-7-9-19(25-14-15)26-33(5,30)31;3-2(4,5)1(6)7/h7,9,12-14H,10-11H2,1-5H3,(H,24,29)(H,25,26);(H,6,7). The van der Waals surface area contributed by atoms with Crippen LogP contribution < -0.4 is 19.7 Å². The Morgan fingerprint density at radius 2 is 1.80 bits per heavy atom. The van der Waals surface area contributed by atoms with E-state index < -0.39 is 28.2 Å². The van der Waals surface area contributed by atoms with Crippen molar-refractivity contribution in [3.8, 4) is 17.6 Å². The number of imide groups is 1. The number of aliphatic carboxylic acids is 1. The minimum Gasteiger partial charge on any atom is -0.495 e. The summed E-state index contributed by atoms with van der Waals surface area (Å²) in [6.07, 6.45) is -2.38. The average Bonchev–Trinajstić information content (AvgIpc) is 2.81. The van der Waals surface area contributed by atoms with E-state index in [1.54, 1.807) is 25.3 Å². The van der Waals surface area contributed by atoms with Crippen LogP contribution in [0.25, 0.3) is 0 Å². The van der Waals surface area contributed by atoms with Gasteiger partial charge in [0.2, 0.25) is 15.9 Å². The van der Waals surface area contributed by atoms with Crippen LogP contribution in [0.3, 0.4) is 0 Å². The number of sulfonamides is 1. The van der Waals surface area contributed by atoms with Gasteiger partial charge in [0.1, 0.15) is 11.6 Å². The first-order valence-corrected chi connectivity index (χ1v) is 13.3. The van der Waals surface area contributed by atoms with E-state index in [0.717, 1.165) is 16.7 Å². The molecule has 0 saturated carbocycles. The zero-order valence-electron chi connectivity index (χ0n) is 22.1. The lowest BCUT2D eigenvalue weighted by Crippen LogP contribution is -2.50. The van der Waals surface area contributed by atoms with Crippen molar-refractivity contribution in [2.24, 2.45) is 0 Å². The van der Waals surface area contributed by atoms with Crippen molar-refractivity contribution < 1.29 is 45.8 Å². The van der Waals surface area contributed by atoms with Crippen molar-refractivity contribution in [1.82, 2.24) is 10.3 Å². The number of nitrogens with one attached hydrogen (secondary N) is 2. The SMILES string of the molecule is COc1c(C#Cc2ccc(NS(C)(=O)=O)nc2)cc(N2C(=O)CCNC2=O)cc1C(C)(C)C.O=C(O)C(F)(F)F. The van der Waals surface area contributed by atoms with Crippen molar-refractivity contribution in [3.63, 3.8) is 0 Å². The first-order chi connectivity index (χ1) is 18.3. The number of carbonyl (C=O) groups excluding carboxylic acids is 2. The molecule has 0 unspecified atom stereocenters. The summed E-state index contributed by atoms with van der Waals surface area (Å²) in [5.41, 5.74) is 1.91. The number of carbonyl (C=O) groups is 3. The highest BCUT2D eigenvalue weighted by atomic mass is 32.2. The summed E-state index contributed by atoms with van der Waals surface area (Å²) in [5.74, 6) is 3.72. The summed E-state index contributed by atoms with van der Waals surface area (Å²) < 4.78 is 62.4. The van der Waals surface area contributed by atoms with Gasteiger partial charge in [-0.05, 0) is 29.7 Å². The van der Waals surface area contributed by atoms with E-state index in [1.165, 1.54) is 12.3 Å². The molecule has 2 heterocycles. The smallest absolute Gasteiger partial charge is 0.490 e. The predicted octanol–water partition coefficient (Wildman–Crippen LogP) is 3.24. The lowest BCUT2D eigenvalue weighted by atomic mass is 9.84. The summed E-state index contributed by atoms with van der Waals surface area (Å²) >= 11 is 0. The van der Waals surface area contributed by atoms with Crippen LogP contribution >= 0.6 is 0 Å². The third-order valence-electron chi connectivity index (χ3n) is 5.05. The molecule has 0 atom stereocenters. The second-order valence-corrected chi connectivity index (χ2v) is 11.1. The molecule has 11 nitrogen and oxygen atoms in total. The molecule has 3 amide bonds. The van der Waals surface area contributed by atoms with Crippen LogP contribution in [-0.2, 0) is 25.0 Å². The van der Waals surface area contributed by atoms with Gasteiger partial charge in [0, 0.05) is 30.3 Å². The maximum absolute atomic E-state index is 12.5. The van der Waals surface area contributed by atoms with Crippen LogP contribution in [-0.4, -0.2) is 62.5 Å². The first-order valence-electron chi connectivity index (χ1n) is 11.4. The number of carboxylic acid groups (broad SMARTS) is 1. The molecule has 0 bridgehead atoms. The molecule has 1 aliphatic heterocycles. The number of carboxylic acids is 1. The number of methoxy groups -OCH3 is 1. The van der Waals surface area contributed by atoms with Gasteiger partial charge in [0.15, 0.2) is 0 Å². The number of hydrogen-bond acceptors (Lipinski definition) is 7. The average molecular weight is 585 g/mol. The zero-order chi connectivity index (χ0) is 30.5. The Bertz CT molecular complexity index is 1440. The highest BCUT2D eigenvalue weighted by Crippen LogP contribution is 2.38. The van der Waals surface area contributed by atoms with Crippen LogP contribution in [0.2, 0.25) is 0 Å². The second-order valence-electron chi connectivity index (χ2n) is 9.39. The molecule has 3 rings (SSSR count). The normalized spacial score (nSPS) is 13.8. The fourth-order valence-corrected chi connectivity index (χ4v) is 3.81.